The Labute approximate surface area is 205 Å². The van der Waals surface area contributed by atoms with E-state index in [0.29, 0.717) is 18.5 Å². The summed E-state index contributed by atoms with van der Waals surface area (Å²) < 4.78 is 8.15. The molecule has 5 rings (SSSR count). The zero-order chi connectivity index (χ0) is 24.4. The van der Waals surface area contributed by atoms with Crippen molar-refractivity contribution in [3.63, 3.8) is 0 Å². The minimum Gasteiger partial charge on any atom is -0.497 e. The van der Waals surface area contributed by atoms with Gasteiger partial charge in [-0.15, -0.1) is 0 Å². The fourth-order valence-corrected chi connectivity index (χ4v) is 4.91. The SMILES string of the molecule is COc1ccc2[nH]cc(CCNC(=O)[C@H](C)NC(=O)c3ccc4nc(-n5cccc5)sc4c3)c2c1. The quantitative estimate of drug-likeness (QED) is 0.307. The number of carbonyl (C=O) groups excluding carboxylic acids is 2. The van der Waals surface area contributed by atoms with Crippen molar-refractivity contribution in [1.82, 2.24) is 25.2 Å². The monoisotopic (exact) mass is 487 g/mol. The number of methoxy groups -OCH3 is 1. The number of hydrogen-bond acceptors (Lipinski definition) is 5. The van der Waals surface area contributed by atoms with Gasteiger partial charge < -0.3 is 24.9 Å². The Morgan fingerprint density at radius 2 is 2.00 bits per heavy atom. The summed E-state index contributed by atoms with van der Waals surface area (Å²) in [4.78, 5) is 33.2. The lowest BCUT2D eigenvalue weighted by Gasteiger charge is -2.14. The van der Waals surface area contributed by atoms with E-state index in [9.17, 15) is 9.59 Å². The Morgan fingerprint density at radius 3 is 2.80 bits per heavy atom. The van der Waals surface area contributed by atoms with Crippen LogP contribution in [0.3, 0.4) is 0 Å². The molecule has 2 amide bonds. The Balaban J connectivity index is 1.18. The summed E-state index contributed by atoms with van der Waals surface area (Å²) in [6, 6.07) is 14.4. The highest BCUT2D eigenvalue weighted by Gasteiger charge is 2.17. The smallest absolute Gasteiger partial charge is 0.251 e. The fraction of sp³-hybridized carbons (Fsp3) is 0.192. The average Bonchev–Trinajstić information content (AvgIpc) is 3.62. The molecule has 35 heavy (non-hydrogen) atoms. The van der Waals surface area contributed by atoms with E-state index in [0.717, 1.165) is 37.6 Å². The topological polar surface area (TPSA) is 101 Å². The molecule has 0 aliphatic rings. The number of aromatic nitrogens is 3. The van der Waals surface area contributed by atoms with Crippen molar-refractivity contribution in [1.29, 1.82) is 0 Å². The number of nitrogens with one attached hydrogen (secondary N) is 3. The molecule has 3 N–H and O–H groups in total. The third-order valence-corrected chi connectivity index (χ3v) is 6.91. The predicted molar refractivity (Wildman–Crippen MR) is 137 cm³/mol. The number of ether oxygens (including phenoxy) is 1. The molecule has 8 nitrogen and oxygen atoms in total. The van der Waals surface area contributed by atoms with Gasteiger partial charge in [0, 0.05) is 41.6 Å². The summed E-state index contributed by atoms with van der Waals surface area (Å²) in [7, 11) is 1.64. The molecule has 3 aromatic heterocycles. The second kappa shape index (κ2) is 9.63. The van der Waals surface area contributed by atoms with E-state index in [-0.39, 0.29) is 11.8 Å². The maximum Gasteiger partial charge on any atom is 0.251 e. The third-order valence-electron chi connectivity index (χ3n) is 5.87. The summed E-state index contributed by atoms with van der Waals surface area (Å²) in [5, 5.41) is 7.60. The Hall–Kier alpha value is -4.11. The first-order valence-corrected chi connectivity index (χ1v) is 12.1. The number of thiazole rings is 1. The molecule has 0 spiro atoms. The largest absolute Gasteiger partial charge is 0.497 e. The minimum absolute atomic E-state index is 0.232. The van der Waals surface area contributed by atoms with Crippen molar-refractivity contribution >= 4 is 44.3 Å². The summed E-state index contributed by atoms with van der Waals surface area (Å²) >= 11 is 1.51. The van der Waals surface area contributed by atoms with Crippen molar-refractivity contribution in [3.8, 4) is 10.9 Å². The fourth-order valence-electron chi connectivity index (χ4n) is 3.94. The van der Waals surface area contributed by atoms with Crippen LogP contribution in [0.5, 0.6) is 5.75 Å². The molecule has 1 atom stereocenters. The normalized spacial score (nSPS) is 12.1. The molecule has 0 unspecified atom stereocenters. The maximum atomic E-state index is 12.8. The van der Waals surface area contributed by atoms with Crippen molar-refractivity contribution in [3.05, 3.63) is 78.2 Å². The van der Waals surface area contributed by atoms with Gasteiger partial charge in [-0.1, -0.05) is 11.3 Å². The lowest BCUT2D eigenvalue weighted by molar-refractivity contribution is -0.122. The number of amides is 2. The average molecular weight is 488 g/mol. The molecule has 5 aromatic rings. The van der Waals surface area contributed by atoms with Crippen LogP contribution in [0, 0.1) is 0 Å². The summed E-state index contributed by atoms with van der Waals surface area (Å²) in [6.45, 7) is 2.14. The first kappa shape index (κ1) is 22.7. The molecule has 0 bridgehead atoms. The number of benzene rings is 2. The number of rotatable bonds is 8. The van der Waals surface area contributed by atoms with Gasteiger partial charge in [-0.3, -0.25) is 9.59 Å². The number of hydrogen-bond donors (Lipinski definition) is 3. The van der Waals surface area contributed by atoms with Gasteiger partial charge in [0.25, 0.3) is 5.91 Å². The molecule has 0 saturated heterocycles. The zero-order valence-electron chi connectivity index (χ0n) is 19.4. The summed E-state index contributed by atoms with van der Waals surface area (Å²) in [5.74, 6) is 0.259. The first-order chi connectivity index (χ1) is 17.0. The first-order valence-electron chi connectivity index (χ1n) is 11.3. The molecule has 2 aromatic carbocycles. The highest BCUT2D eigenvalue weighted by atomic mass is 32.1. The van der Waals surface area contributed by atoms with E-state index < -0.39 is 6.04 Å². The summed E-state index contributed by atoms with van der Waals surface area (Å²) in [6.07, 6.45) is 6.46. The van der Waals surface area contributed by atoms with Gasteiger partial charge in [0.1, 0.15) is 11.8 Å². The number of aromatic amines is 1. The van der Waals surface area contributed by atoms with Gasteiger partial charge in [0.2, 0.25) is 5.91 Å². The van der Waals surface area contributed by atoms with Crippen LogP contribution in [0.1, 0.15) is 22.8 Å². The number of carbonyl (C=O) groups is 2. The van der Waals surface area contributed by atoms with Crippen molar-refractivity contribution < 1.29 is 14.3 Å². The third kappa shape index (κ3) is 4.76. The zero-order valence-corrected chi connectivity index (χ0v) is 20.2. The maximum absolute atomic E-state index is 12.8. The minimum atomic E-state index is -0.668. The van der Waals surface area contributed by atoms with Crippen LogP contribution in [-0.4, -0.2) is 46.0 Å². The van der Waals surface area contributed by atoms with Crippen LogP contribution in [0.25, 0.3) is 26.3 Å². The summed E-state index contributed by atoms with van der Waals surface area (Å²) in [5.41, 5.74) is 3.43. The standard InChI is InChI=1S/C26H25N5O3S/c1-16(24(32)27-10-9-18-15-28-21-8-6-19(34-2)14-20(18)21)29-25(33)17-5-7-22-23(13-17)35-26(30-22)31-11-3-4-12-31/h3-8,11-16,28H,9-10H2,1-2H3,(H,27,32)(H,29,33)/t16-/m0/s1. The van der Waals surface area contributed by atoms with E-state index in [1.807, 2.05) is 65.6 Å². The Kier molecular flexibility index (Phi) is 6.24. The van der Waals surface area contributed by atoms with Crippen LogP contribution < -0.4 is 15.4 Å². The number of fused-ring (bicyclic) bond motifs is 2. The van der Waals surface area contributed by atoms with Crippen LogP contribution in [0.4, 0.5) is 0 Å². The number of nitrogens with zero attached hydrogens (tertiary/aromatic N) is 2. The number of H-pyrrole nitrogens is 1. The van der Waals surface area contributed by atoms with E-state index >= 15 is 0 Å². The van der Waals surface area contributed by atoms with Gasteiger partial charge in [-0.25, -0.2) is 4.98 Å². The van der Waals surface area contributed by atoms with Gasteiger partial charge in [0.15, 0.2) is 5.13 Å². The molecule has 0 saturated carbocycles. The van der Waals surface area contributed by atoms with Crippen LogP contribution in [0.15, 0.2) is 67.1 Å². The van der Waals surface area contributed by atoms with Crippen LogP contribution in [0.2, 0.25) is 0 Å². The molecule has 0 aliphatic heterocycles. The Morgan fingerprint density at radius 1 is 1.17 bits per heavy atom. The lowest BCUT2D eigenvalue weighted by atomic mass is 10.1. The van der Waals surface area contributed by atoms with Crippen LogP contribution in [-0.2, 0) is 11.2 Å². The molecule has 0 fully saturated rings. The van der Waals surface area contributed by atoms with Gasteiger partial charge in [-0.2, -0.15) is 0 Å². The van der Waals surface area contributed by atoms with E-state index in [1.165, 1.54) is 11.3 Å². The van der Waals surface area contributed by atoms with E-state index in [4.69, 9.17) is 4.74 Å². The van der Waals surface area contributed by atoms with Gasteiger partial charge >= 0.3 is 0 Å². The molecular weight excluding hydrogens is 462 g/mol. The predicted octanol–water partition coefficient (Wildman–Crippen LogP) is 4.05. The highest BCUT2D eigenvalue weighted by Crippen LogP contribution is 2.26. The second-order valence-electron chi connectivity index (χ2n) is 8.23. The lowest BCUT2D eigenvalue weighted by Crippen LogP contribution is -2.45. The molecular formula is C26H25N5O3S. The van der Waals surface area contributed by atoms with Gasteiger partial charge in [-0.05, 0) is 67.4 Å². The van der Waals surface area contributed by atoms with E-state index in [1.54, 1.807) is 20.1 Å². The molecule has 3 heterocycles. The molecule has 0 aliphatic carbocycles. The van der Waals surface area contributed by atoms with Crippen molar-refractivity contribution in [2.75, 3.05) is 13.7 Å². The molecule has 178 valence electrons. The second-order valence-corrected chi connectivity index (χ2v) is 9.24. The Bertz CT molecular complexity index is 1500. The highest BCUT2D eigenvalue weighted by molar-refractivity contribution is 7.20. The van der Waals surface area contributed by atoms with E-state index in [2.05, 4.69) is 20.6 Å². The van der Waals surface area contributed by atoms with Gasteiger partial charge in [0.05, 0.1) is 17.3 Å². The van der Waals surface area contributed by atoms with Crippen molar-refractivity contribution in [2.45, 2.75) is 19.4 Å². The molecule has 0 radical (unpaired) electrons. The van der Waals surface area contributed by atoms with Crippen molar-refractivity contribution in [2.24, 2.45) is 0 Å². The van der Waals surface area contributed by atoms with Crippen LogP contribution >= 0.6 is 11.3 Å². The molecule has 9 heteroatoms.